The maximum Gasteiger partial charge on any atom is 0.0727 e. The summed E-state index contributed by atoms with van der Waals surface area (Å²) in [6, 6.07) is 4.19. The van der Waals surface area contributed by atoms with E-state index >= 15 is 0 Å². The quantitative estimate of drug-likeness (QED) is 0.898. The van der Waals surface area contributed by atoms with Crippen LogP contribution >= 0.6 is 0 Å². The molecule has 0 amide bonds. The second-order valence-electron chi connectivity index (χ2n) is 6.61. The predicted octanol–water partition coefficient (Wildman–Crippen LogP) is 2.67. The molecule has 0 spiro atoms. The molecule has 20 heavy (non-hydrogen) atoms. The smallest absolute Gasteiger partial charge is 0.0727 e. The molecule has 1 N–H and O–H groups in total. The first-order chi connectivity index (χ1) is 9.50. The molecule has 0 atom stereocenters. The van der Waals surface area contributed by atoms with Crippen LogP contribution < -0.4 is 0 Å². The molecule has 1 fully saturated rings. The molecule has 3 nitrogen and oxygen atoms in total. The van der Waals surface area contributed by atoms with Crippen LogP contribution in [0.15, 0.2) is 18.3 Å². The SMILES string of the molecule is CCc1ccc(CC2(O)CCN(CC(C)C)CC2)nc1. The van der Waals surface area contributed by atoms with E-state index in [2.05, 4.69) is 42.8 Å². The van der Waals surface area contributed by atoms with E-state index in [0.717, 1.165) is 44.6 Å². The predicted molar refractivity (Wildman–Crippen MR) is 82.8 cm³/mol. The van der Waals surface area contributed by atoms with Crippen molar-refractivity contribution in [1.29, 1.82) is 0 Å². The lowest BCUT2D eigenvalue weighted by Crippen LogP contribution is -2.46. The van der Waals surface area contributed by atoms with Crippen LogP contribution in [0.25, 0.3) is 0 Å². The number of hydrogen-bond acceptors (Lipinski definition) is 3. The molecule has 1 aromatic rings. The van der Waals surface area contributed by atoms with E-state index in [0.29, 0.717) is 12.3 Å². The molecular formula is C17H28N2O. The normalized spacial score (nSPS) is 19.4. The third kappa shape index (κ3) is 4.29. The third-order valence-electron chi connectivity index (χ3n) is 4.21. The summed E-state index contributed by atoms with van der Waals surface area (Å²) in [5, 5.41) is 10.7. The summed E-state index contributed by atoms with van der Waals surface area (Å²) in [4.78, 5) is 6.95. The van der Waals surface area contributed by atoms with E-state index in [1.807, 2.05) is 6.20 Å². The van der Waals surface area contributed by atoms with Crippen molar-refractivity contribution in [3.8, 4) is 0 Å². The lowest BCUT2D eigenvalue weighted by atomic mass is 9.86. The fraction of sp³-hybridized carbons (Fsp3) is 0.706. The molecule has 0 radical (unpaired) electrons. The fourth-order valence-corrected chi connectivity index (χ4v) is 2.95. The Labute approximate surface area is 123 Å². The Kier molecular flexibility index (Phi) is 5.17. The molecule has 0 unspecified atom stereocenters. The first-order valence-corrected chi connectivity index (χ1v) is 7.89. The van der Waals surface area contributed by atoms with Gasteiger partial charge in [-0.15, -0.1) is 0 Å². The van der Waals surface area contributed by atoms with Gasteiger partial charge in [-0.25, -0.2) is 0 Å². The van der Waals surface area contributed by atoms with Gasteiger partial charge < -0.3 is 10.0 Å². The van der Waals surface area contributed by atoms with Gasteiger partial charge in [-0.05, 0) is 36.8 Å². The number of hydrogen-bond donors (Lipinski definition) is 1. The molecule has 1 aliphatic heterocycles. The molecule has 2 heterocycles. The van der Waals surface area contributed by atoms with Gasteiger partial charge in [-0.1, -0.05) is 26.8 Å². The second kappa shape index (κ2) is 6.68. The van der Waals surface area contributed by atoms with Crippen LogP contribution in [-0.2, 0) is 12.8 Å². The van der Waals surface area contributed by atoms with E-state index in [1.165, 1.54) is 5.56 Å². The molecular weight excluding hydrogens is 248 g/mol. The molecule has 1 aromatic heterocycles. The van der Waals surface area contributed by atoms with Gasteiger partial charge in [0.15, 0.2) is 0 Å². The monoisotopic (exact) mass is 276 g/mol. The average Bonchev–Trinajstić information content (AvgIpc) is 2.42. The Hall–Kier alpha value is -0.930. The minimum atomic E-state index is -0.561. The zero-order valence-corrected chi connectivity index (χ0v) is 13.1. The standard InChI is InChI=1S/C17H28N2O/c1-4-15-5-6-16(18-12-15)11-17(20)7-9-19(10-8-17)13-14(2)3/h5-6,12,14,20H,4,7-11,13H2,1-3H3. The van der Waals surface area contributed by atoms with E-state index in [9.17, 15) is 5.11 Å². The Morgan fingerprint density at radius 2 is 2.00 bits per heavy atom. The van der Waals surface area contributed by atoms with E-state index in [-0.39, 0.29) is 0 Å². The average molecular weight is 276 g/mol. The minimum absolute atomic E-state index is 0.561. The zero-order chi connectivity index (χ0) is 14.6. The van der Waals surface area contributed by atoms with Gasteiger partial charge in [0, 0.05) is 37.9 Å². The van der Waals surface area contributed by atoms with Crippen molar-refractivity contribution in [3.63, 3.8) is 0 Å². The van der Waals surface area contributed by atoms with Crippen LogP contribution in [0, 0.1) is 5.92 Å². The van der Waals surface area contributed by atoms with Crippen molar-refractivity contribution in [1.82, 2.24) is 9.88 Å². The van der Waals surface area contributed by atoms with Gasteiger partial charge in [0.25, 0.3) is 0 Å². The number of pyridine rings is 1. The van der Waals surface area contributed by atoms with Crippen LogP contribution in [0.4, 0.5) is 0 Å². The van der Waals surface area contributed by atoms with Gasteiger partial charge >= 0.3 is 0 Å². The Balaban J connectivity index is 1.89. The number of rotatable bonds is 5. The highest BCUT2D eigenvalue weighted by Crippen LogP contribution is 2.26. The van der Waals surface area contributed by atoms with E-state index < -0.39 is 5.60 Å². The highest BCUT2D eigenvalue weighted by Gasteiger charge is 2.32. The van der Waals surface area contributed by atoms with E-state index in [4.69, 9.17) is 0 Å². The van der Waals surface area contributed by atoms with Crippen LogP contribution in [0.5, 0.6) is 0 Å². The summed E-state index contributed by atoms with van der Waals surface area (Å²) in [7, 11) is 0. The number of likely N-dealkylation sites (tertiary alicyclic amines) is 1. The number of aromatic nitrogens is 1. The lowest BCUT2D eigenvalue weighted by Gasteiger charge is -2.38. The van der Waals surface area contributed by atoms with Crippen molar-refractivity contribution >= 4 is 0 Å². The van der Waals surface area contributed by atoms with Crippen molar-refractivity contribution in [3.05, 3.63) is 29.6 Å². The van der Waals surface area contributed by atoms with Crippen molar-refractivity contribution in [2.45, 2.75) is 52.1 Å². The van der Waals surface area contributed by atoms with Crippen LogP contribution in [-0.4, -0.2) is 40.2 Å². The fourth-order valence-electron chi connectivity index (χ4n) is 2.95. The van der Waals surface area contributed by atoms with Gasteiger partial charge in [-0.2, -0.15) is 0 Å². The number of piperidine rings is 1. The summed E-state index contributed by atoms with van der Waals surface area (Å²) in [6.45, 7) is 9.78. The first kappa shape index (κ1) is 15.5. The highest BCUT2D eigenvalue weighted by atomic mass is 16.3. The number of nitrogens with zero attached hydrogens (tertiary/aromatic N) is 2. The molecule has 0 saturated carbocycles. The maximum absolute atomic E-state index is 10.7. The first-order valence-electron chi connectivity index (χ1n) is 7.89. The Morgan fingerprint density at radius 1 is 1.30 bits per heavy atom. The topological polar surface area (TPSA) is 36.4 Å². The zero-order valence-electron chi connectivity index (χ0n) is 13.1. The van der Waals surface area contributed by atoms with Crippen LogP contribution in [0.3, 0.4) is 0 Å². The molecule has 1 aliphatic rings. The molecule has 0 aromatic carbocycles. The second-order valence-corrected chi connectivity index (χ2v) is 6.61. The molecule has 0 bridgehead atoms. The van der Waals surface area contributed by atoms with Crippen molar-refractivity contribution in [2.24, 2.45) is 5.92 Å². The molecule has 3 heteroatoms. The van der Waals surface area contributed by atoms with Crippen LogP contribution in [0.1, 0.15) is 44.9 Å². The number of aliphatic hydroxyl groups is 1. The largest absolute Gasteiger partial charge is 0.389 e. The Morgan fingerprint density at radius 3 is 2.50 bits per heavy atom. The van der Waals surface area contributed by atoms with Gasteiger partial charge in [0.1, 0.15) is 0 Å². The molecule has 112 valence electrons. The molecule has 1 saturated heterocycles. The van der Waals surface area contributed by atoms with Gasteiger partial charge in [-0.3, -0.25) is 4.98 Å². The van der Waals surface area contributed by atoms with Crippen molar-refractivity contribution < 1.29 is 5.11 Å². The molecule has 0 aliphatic carbocycles. The van der Waals surface area contributed by atoms with Crippen molar-refractivity contribution in [2.75, 3.05) is 19.6 Å². The Bertz CT molecular complexity index is 406. The summed E-state index contributed by atoms with van der Waals surface area (Å²) in [6.07, 6.45) is 5.36. The van der Waals surface area contributed by atoms with Gasteiger partial charge in [0.2, 0.25) is 0 Å². The van der Waals surface area contributed by atoms with E-state index in [1.54, 1.807) is 0 Å². The lowest BCUT2D eigenvalue weighted by molar-refractivity contribution is -0.0233. The number of aryl methyl sites for hydroxylation is 1. The highest BCUT2D eigenvalue weighted by molar-refractivity contribution is 5.15. The maximum atomic E-state index is 10.7. The van der Waals surface area contributed by atoms with Crippen LogP contribution in [0.2, 0.25) is 0 Å². The minimum Gasteiger partial charge on any atom is -0.389 e. The van der Waals surface area contributed by atoms with Gasteiger partial charge in [0.05, 0.1) is 5.60 Å². The summed E-state index contributed by atoms with van der Waals surface area (Å²) in [5.41, 5.74) is 1.71. The summed E-state index contributed by atoms with van der Waals surface area (Å²) >= 11 is 0. The summed E-state index contributed by atoms with van der Waals surface area (Å²) in [5.74, 6) is 0.699. The molecule has 2 rings (SSSR count). The summed E-state index contributed by atoms with van der Waals surface area (Å²) < 4.78 is 0. The third-order valence-corrected chi connectivity index (χ3v) is 4.21.